The van der Waals surface area contributed by atoms with Gasteiger partial charge in [0.2, 0.25) is 0 Å². The van der Waals surface area contributed by atoms with Crippen LogP contribution in [0, 0.1) is 6.85 Å². The van der Waals surface area contributed by atoms with Gasteiger partial charge in [-0.3, -0.25) is 4.57 Å². The van der Waals surface area contributed by atoms with Crippen molar-refractivity contribution in [1.82, 2.24) is 9.55 Å². The topological polar surface area (TPSA) is 33.5 Å². The summed E-state index contributed by atoms with van der Waals surface area (Å²) in [6.07, 6.45) is 1.54. The lowest BCUT2D eigenvalue weighted by Gasteiger charge is -2.28. The van der Waals surface area contributed by atoms with Crippen molar-refractivity contribution in [2.75, 3.05) is 17.1 Å². The Hall–Kier alpha value is -4.61. The zero-order chi connectivity index (χ0) is 31.7. The average molecular weight is 517 g/mol. The van der Waals surface area contributed by atoms with Gasteiger partial charge in [0.25, 0.3) is 0 Å². The van der Waals surface area contributed by atoms with Crippen LogP contribution >= 0.6 is 0 Å². The highest BCUT2D eigenvalue weighted by Crippen LogP contribution is 2.43. The van der Waals surface area contributed by atoms with Crippen LogP contribution in [0.4, 0.5) is 17.1 Å². The minimum atomic E-state index is -2.48. The maximum Gasteiger partial charge on any atom is 0.137 e. The molecule has 192 valence electrons. The molecule has 1 aliphatic heterocycles. The summed E-state index contributed by atoms with van der Waals surface area (Å²) in [7, 11) is 0. The van der Waals surface area contributed by atoms with Gasteiger partial charge in [0.05, 0.1) is 28.1 Å². The van der Waals surface area contributed by atoms with Gasteiger partial charge in [-0.2, -0.15) is 5.06 Å². The number of fused-ring (bicyclic) bond motifs is 4. The number of anilines is 3. The Morgan fingerprint density at radius 1 is 0.744 bits per heavy atom. The van der Waals surface area contributed by atoms with Crippen molar-refractivity contribution in [2.45, 2.75) is 26.1 Å². The molecule has 0 saturated heterocycles. The summed E-state index contributed by atoms with van der Waals surface area (Å²) >= 11 is 0. The third-order valence-corrected chi connectivity index (χ3v) is 7.66. The van der Waals surface area contributed by atoms with Gasteiger partial charge in [-0.15, -0.1) is 4.94 Å². The predicted octanol–water partition coefficient (Wildman–Crippen LogP) is 8.25. The first-order valence-corrected chi connectivity index (χ1v) is 12.8. The Labute approximate surface area is 236 Å². The molecule has 0 fully saturated rings. The Morgan fingerprint density at radius 2 is 1.54 bits per heavy atom. The van der Waals surface area contributed by atoms with Crippen molar-refractivity contribution in [3.8, 4) is 5.82 Å². The fraction of sp³-hybridized carbons (Fsp3) is 0.147. The van der Waals surface area contributed by atoms with Gasteiger partial charge in [-0.1, -0.05) is 68.4 Å². The SMILES string of the molecule is [2H]C([2H])([2H])c1ccnc(-n2c3ccccc3c3ccc(C(C)(C)c4cccc(N5ON(C([2H])([2H])[2H])c6ccccc65)c4)cc32)c1. The molecule has 0 unspecified atom stereocenters. The normalized spacial score (nSPS) is 16.4. The maximum absolute atomic E-state index is 7.97. The first kappa shape index (κ1) is 17.8. The van der Waals surface area contributed by atoms with E-state index < -0.39 is 19.2 Å². The molecular formula is C34H30N4O. The highest BCUT2D eigenvalue weighted by molar-refractivity contribution is 6.09. The van der Waals surface area contributed by atoms with Crippen LogP contribution in [0.5, 0.6) is 0 Å². The molecule has 0 bridgehead atoms. The summed E-state index contributed by atoms with van der Waals surface area (Å²) in [5.41, 5.74) is 5.44. The van der Waals surface area contributed by atoms with Gasteiger partial charge in [0.15, 0.2) is 0 Å². The van der Waals surface area contributed by atoms with Gasteiger partial charge >= 0.3 is 0 Å². The van der Waals surface area contributed by atoms with Crippen LogP contribution in [-0.4, -0.2) is 16.5 Å². The minimum absolute atomic E-state index is 0.231. The molecule has 2 aromatic heterocycles. The molecule has 5 heteroatoms. The van der Waals surface area contributed by atoms with Crippen molar-refractivity contribution >= 4 is 38.9 Å². The largest absolute Gasteiger partial charge is 0.294 e. The second kappa shape index (κ2) is 8.72. The standard InChI is InChI=1S/C34H30N4O/c1-23-18-19-35-33(20-23)37-29-13-6-5-12-27(29)28-17-16-25(22-32(28)37)34(2,3)24-10-9-11-26(21-24)38-31-15-8-7-14-30(31)36(4)39-38/h5-22H,1-4H3/i1D3,4D3. The van der Waals surface area contributed by atoms with Crippen LogP contribution in [0.1, 0.15) is 38.8 Å². The molecule has 1 aliphatic rings. The smallest absolute Gasteiger partial charge is 0.137 e. The van der Waals surface area contributed by atoms with Crippen molar-refractivity contribution in [3.05, 3.63) is 126 Å². The molecule has 3 heterocycles. The molecule has 6 aromatic rings. The average Bonchev–Trinajstić information content (AvgIpc) is 3.57. The molecule has 4 aromatic carbocycles. The number of hydrogen-bond donors (Lipinski definition) is 0. The fourth-order valence-corrected chi connectivity index (χ4v) is 5.50. The van der Waals surface area contributed by atoms with E-state index in [0.29, 0.717) is 22.9 Å². The molecular weight excluding hydrogens is 480 g/mol. The number of hydroxylamine groups is 1. The van der Waals surface area contributed by atoms with E-state index in [9.17, 15) is 0 Å². The van der Waals surface area contributed by atoms with Crippen LogP contribution in [0.15, 0.2) is 109 Å². The van der Waals surface area contributed by atoms with Crippen molar-refractivity contribution in [3.63, 3.8) is 0 Å². The molecule has 0 amide bonds. The summed E-state index contributed by atoms with van der Waals surface area (Å²) in [6.45, 7) is -0.454. The summed E-state index contributed by atoms with van der Waals surface area (Å²) in [5.74, 6) is 0.537. The van der Waals surface area contributed by atoms with Crippen LogP contribution in [0.3, 0.4) is 0 Å². The van der Waals surface area contributed by atoms with Gasteiger partial charge in [0, 0.05) is 37.6 Å². The summed E-state index contributed by atoms with van der Waals surface area (Å²) in [5, 5.41) is 4.59. The Balaban J connectivity index is 1.34. The van der Waals surface area contributed by atoms with Gasteiger partial charge in [-0.25, -0.2) is 10.0 Å². The van der Waals surface area contributed by atoms with Crippen molar-refractivity contribution in [2.24, 2.45) is 0 Å². The van der Waals surface area contributed by atoms with Crippen molar-refractivity contribution < 1.29 is 13.2 Å². The number of benzene rings is 4. The summed E-state index contributed by atoms with van der Waals surface area (Å²) < 4.78 is 49.8. The quantitative estimate of drug-likeness (QED) is 0.236. The first-order valence-electron chi connectivity index (χ1n) is 15.8. The molecule has 0 aliphatic carbocycles. The van der Waals surface area contributed by atoms with Crippen LogP contribution in [0.25, 0.3) is 27.6 Å². The van der Waals surface area contributed by atoms with E-state index in [4.69, 9.17) is 13.2 Å². The monoisotopic (exact) mass is 516 g/mol. The Kier molecular flexibility index (Phi) is 3.98. The van der Waals surface area contributed by atoms with Gasteiger partial charge in [0.1, 0.15) is 5.82 Å². The van der Waals surface area contributed by atoms with E-state index in [1.54, 1.807) is 29.5 Å². The van der Waals surface area contributed by atoms with Crippen LogP contribution in [0.2, 0.25) is 0 Å². The number of hydrogen-bond acceptors (Lipinski definition) is 4. The third-order valence-electron chi connectivity index (χ3n) is 7.66. The molecule has 0 radical (unpaired) electrons. The zero-order valence-electron chi connectivity index (χ0n) is 27.6. The highest BCUT2D eigenvalue weighted by atomic mass is 16.8. The fourth-order valence-electron chi connectivity index (χ4n) is 5.50. The number of para-hydroxylation sites is 3. The zero-order valence-corrected chi connectivity index (χ0v) is 21.6. The van der Waals surface area contributed by atoms with Crippen LogP contribution in [-0.2, 0) is 10.4 Å². The van der Waals surface area contributed by atoms with E-state index in [1.165, 1.54) is 6.07 Å². The molecule has 0 saturated carbocycles. The Bertz CT molecular complexity index is 2080. The first-order chi connectivity index (χ1) is 21.3. The molecule has 0 N–H and O–H groups in total. The lowest BCUT2D eigenvalue weighted by atomic mass is 9.77. The molecule has 0 atom stereocenters. The number of rotatable bonds is 4. The highest BCUT2D eigenvalue weighted by Gasteiger charge is 2.29. The summed E-state index contributed by atoms with van der Waals surface area (Å²) in [6, 6.07) is 32.7. The Morgan fingerprint density at radius 3 is 2.41 bits per heavy atom. The van der Waals surface area contributed by atoms with Gasteiger partial charge in [-0.05, 0) is 72.1 Å². The molecule has 5 nitrogen and oxygen atoms in total. The molecule has 7 rings (SSSR count). The number of nitrogens with zero attached hydrogens (tertiary/aromatic N) is 4. The predicted molar refractivity (Wildman–Crippen MR) is 160 cm³/mol. The maximum atomic E-state index is 7.97. The lowest BCUT2D eigenvalue weighted by Crippen LogP contribution is -2.22. The summed E-state index contributed by atoms with van der Waals surface area (Å²) in [4.78, 5) is 10.5. The number of aromatic nitrogens is 2. The van der Waals surface area contributed by atoms with E-state index in [-0.39, 0.29) is 5.56 Å². The molecule has 39 heavy (non-hydrogen) atoms. The van der Waals surface area contributed by atoms with E-state index in [2.05, 4.69) is 43.1 Å². The third kappa shape index (κ3) is 3.69. The van der Waals surface area contributed by atoms with E-state index >= 15 is 0 Å². The second-order valence-electron chi connectivity index (χ2n) is 10.3. The van der Waals surface area contributed by atoms with Gasteiger partial charge < -0.3 is 0 Å². The lowest BCUT2D eigenvalue weighted by molar-refractivity contribution is 0.142. The van der Waals surface area contributed by atoms with Crippen molar-refractivity contribution in [1.29, 1.82) is 0 Å². The van der Waals surface area contributed by atoms with E-state index in [0.717, 1.165) is 38.0 Å². The van der Waals surface area contributed by atoms with E-state index in [1.807, 2.05) is 59.2 Å². The number of pyridine rings is 1. The molecule has 0 spiro atoms. The van der Waals surface area contributed by atoms with Crippen LogP contribution < -0.4 is 10.1 Å². The number of aryl methyl sites for hydroxylation is 1. The minimum Gasteiger partial charge on any atom is -0.294 e. The second-order valence-corrected chi connectivity index (χ2v) is 10.3.